The predicted molar refractivity (Wildman–Crippen MR) is 55.2 cm³/mol. The summed E-state index contributed by atoms with van der Waals surface area (Å²) in [6.07, 6.45) is 3.71. The van der Waals surface area contributed by atoms with Crippen LogP contribution >= 0.6 is 0 Å². The second kappa shape index (κ2) is 3.49. The standard InChI is InChI=1S/C10H13N3O2/c1-6-8(9(14)15)5-11-10(12-6)13(2)7-3-4-7/h5,7H,3-4H2,1-2H3,(H,14,15). The Morgan fingerprint density at radius 2 is 2.27 bits per heavy atom. The normalized spacial score (nSPS) is 15.1. The molecule has 0 atom stereocenters. The molecule has 0 saturated heterocycles. The molecule has 1 heterocycles. The molecule has 1 aliphatic carbocycles. The van der Waals surface area contributed by atoms with Gasteiger partial charge in [0.05, 0.1) is 11.3 Å². The van der Waals surface area contributed by atoms with Gasteiger partial charge in [0, 0.05) is 19.3 Å². The Morgan fingerprint density at radius 3 is 2.73 bits per heavy atom. The fourth-order valence-electron chi connectivity index (χ4n) is 1.46. The van der Waals surface area contributed by atoms with E-state index in [-0.39, 0.29) is 5.56 Å². The molecule has 15 heavy (non-hydrogen) atoms. The molecule has 0 aromatic carbocycles. The molecule has 0 aliphatic heterocycles. The first kappa shape index (κ1) is 9.89. The van der Waals surface area contributed by atoms with E-state index in [1.165, 1.54) is 19.0 Å². The van der Waals surface area contributed by atoms with Crippen LogP contribution in [0.4, 0.5) is 5.95 Å². The van der Waals surface area contributed by atoms with Crippen LogP contribution in [-0.2, 0) is 0 Å². The molecule has 5 heteroatoms. The summed E-state index contributed by atoms with van der Waals surface area (Å²) in [6, 6.07) is 0.528. The highest BCUT2D eigenvalue weighted by Crippen LogP contribution is 2.28. The highest BCUT2D eigenvalue weighted by atomic mass is 16.4. The summed E-state index contributed by atoms with van der Waals surface area (Å²) >= 11 is 0. The molecule has 80 valence electrons. The largest absolute Gasteiger partial charge is 0.478 e. The second-order valence-corrected chi connectivity index (χ2v) is 3.82. The number of carbonyl (C=O) groups is 1. The molecule has 2 rings (SSSR count). The Hall–Kier alpha value is -1.65. The number of carboxylic acid groups (broad SMARTS) is 1. The third-order valence-corrected chi connectivity index (χ3v) is 2.61. The van der Waals surface area contributed by atoms with Crippen LogP contribution in [0, 0.1) is 6.92 Å². The molecule has 1 aliphatic rings. The Bertz CT molecular complexity index is 402. The van der Waals surface area contributed by atoms with E-state index < -0.39 is 5.97 Å². The van der Waals surface area contributed by atoms with Gasteiger partial charge in [-0.15, -0.1) is 0 Å². The molecule has 1 aromatic rings. The third-order valence-electron chi connectivity index (χ3n) is 2.61. The summed E-state index contributed by atoms with van der Waals surface area (Å²) in [7, 11) is 1.94. The van der Waals surface area contributed by atoms with Crippen molar-refractivity contribution in [2.24, 2.45) is 0 Å². The number of aromatic carboxylic acids is 1. The lowest BCUT2D eigenvalue weighted by molar-refractivity contribution is 0.0695. The summed E-state index contributed by atoms with van der Waals surface area (Å²) in [5, 5.41) is 8.82. The van der Waals surface area contributed by atoms with Crippen LogP contribution in [0.3, 0.4) is 0 Å². The maximum absolute atomic E-state index is 10.8. The van der Waals surface area contributed by atoms with Gasteiger partial charge >= 0.3 is 5.97 Å². The molecular weight excluding hydrogens is 194 g/mol. The number of hydrogen-bond donors (Lipinski definition) is 1. The quantitative estimate of drug-likeness (QED) is 0.803. The first-order valence-electron chi connectivity index (χ1n) is 4.89. The highest BCUT2D eigenvalue weighted by molar-refractivity contribution is 5.88. The molecule has 1 N–H and O–H groups in total. The van der Waals surface area contributed by atoms with E-state index >= 15 is 0 Å². The van der Waals surface area contributed by atoms with Crippen LogP contribution in [-0.4, -0.2) is 34.1 Å². The van der Waals surface area contributed by atoms with E-state index in [1.54, 1.807) is 6.92 Å². The van der Waals surface area contributed by atoms with E-state index in [2.05, 4.69) is 9.97 Å². The Kier molecular flexibility index (Phi) is 2.30. The highest BCUT2D eigenvalue weighted by Gasteiger charge is 2.28. The maximum Gasteiger partial charge on any atom is 0.339 e. The van der Waals surface area contributed by atoms with Crippen molar-refractivity contribution in [2.45, 2.75) is 25.8 Å². The van der Waals surface area contributed by atoms with Crippen LogP contribution in [0.15, 0.2) is 6.20 Å². The van der Waals surface area contributed by atoms with Crippen molar-refractivity contribution in [2.75, 3.05) is 11.9 Å². The molecular formula is C10H13N3O2. The molecule has 0 bridgehead atoms. The minimum absolute atomic E-state index is 0.169. The van der Waals surface area contributed by atoms with Gasteiger partial charge in [0.25, 0.3) is 0 Å². The topological polar surface area (TPSA) is 66.3 Å². The number of aryl methyl sites for hydroxylation is 1. The summed E-state index contributed by atoms with van der Waals surface area (Å²) in [5.41, 5.74) is 0.683. The van der Waals surface area contributed by atoms with Crippen molar-refractivity contribution in [3.05, 3.63) is 17.5 Å². The van der Waals surface area contributed by atoms with E-state index in [0.29, 0.717) is 17.7 Å². The number of hydrogen-bond acceptors (Lipinski definition) is 4. The van der Waals surface area contributed by atoms with Gasteiger partial charge in [0.2, 0.25) is 5.95 Å². The smallest absolute Gasteiger partial charge is 0.339 e. The fraction of sp³-hybridized carbons (Fsp3) is 0.500. The van der Waals surface area contributed by atoms with E-state index in [0.717, 1.165) is 0 Å². The van der Waals surface area contributed by atoms with Crippen molar-refractivity contribution in [1.82, 2.24) is 9.97 Å². The number of carboxylic acids is 1. The summed E-state index contributed by atoms with van der Waals surface area (Å²) in [4.78, 5) is 21.0. The van der Waals surface area contributed by atoms with Crippen molar-refractivity contribution < 1.29 is 9.90 Å². The monoisotopic (exact) mass is 207 g/mol. The van der Waals surface area contributed by atoms with E-state index in [9.17, 15) is 4.79 Å². The second-order valence-electron chi connectivity index (χ2n) is 3.82. The minimum Gasteiger partial charge on any atom is -0.478 e. The van der Waals surface area contributed by atoms with Gasteiger partial charge in [-0.05, 0) is 19.8 Å². The first-order chi connectivity index (χ1) is 7.09. The first-order valence-corrected chi connectivity index (χ1v) is 4.89. The Labute approximate surface area is 87.8 Å². The zero-order valence-electron chi connectivity index (χ0n) is 8.77. The minimum atomic E-state index is -0.979. The predicted octanol–water partition coefficient (Wildman–Crippen LogP) is 1.08. The number of nitrogens with zero attached hydrogens (tertiary/aromatic N) is 3. The van der Waals surface area contributed by atoms with E-state index in [4.69, 9.17) is 5.11 Å². The van der Waals surface area contributed by atoms with Crippen LogP contribution in [0.1, 0.15) is 28.9 Å². The van der Waals surface area contributed by atoms with Gasteiger partial charge in [-0.3, -0.25) is 0 Å². The Balaban J connectivity index is 2.28. The molecule has 5 nitrogen and oxygen atoms in total. The maximum atomic E-state index is 10.8. The van der Waals surface area contributed by atoms with Crippen molar-refractivity contribution in [1.29, 1.82) is 0 Å². The number of anilines is 1. The lowest BCUT2D eigenvalue weighted by Crippen LogP contribution is -2.22. The summed E-state index contributed by atoms with van der Waals surface area (Å²) < 4.78 is 0. The van der Waals surface area contributed by atoms with E-state index in [1.807, 2.05) is 11.9 Å². The molecule has 0 radical (unpaired) electrons. The summed E-state index contributed by atoms with van der Waals surface area (Å²) in [6.45, 7) is 1.69. The van der Waals surface area contributed by atoms with Crippen LogP contribution in [0.5, 0.6) is 0 Å². The van der Waals surface area contributed by atoms with Crippen LogP contribution in [0.2, 0.25) is 0 Å². The van der Waals surface area contributed by atoms with Gasteiger partial charge in [0.1, 0.15) is 0 Å². The average molecular weight is 207 g/mol. The van der Waals surface area contributed by atoms with Gasteiger partial charge in [0.15, 0.2) is 0 Å². The van der Waals surface area contributed by atoms with Crippen molar-refractivity contribution in [3.8, 4) is 0 Å². The van der Waals surface area contributed by atoms with Crippen molar-refractivity contribution >= 4 is 11.9 Å². The van der Waals surface area contributed by atoms with Crippen LogP contribution < -0.4 is 4.90 Å². The van der Waals surface area contributed by atoms with Crippen LogP contribution in [0.25, 0.3) is 0 Å². The average Bonchev–Trinajstić information content (AvgIpc) is 2.99. The molecule has 0 amide bonds. The lowest BCUT2D eigenvalue weighted by Gasteiger charge is -2.16. The molecule has 1 saturated carbocycles. The van der Waals surface area contributed by atoms with Crippen molar-refractivity contribution in [3.63, 3.8) is 0 Å². The molecule has 1 fully saturated rings. The summed E-state index contributed by atoms with van der Waals surface area (Å²) in [5.74, 6) is -0.367. The number of aromatic nitrogens is 2. The zero-order valence-corrected chi connectivity index (χ0v) is 8.77. The number of rotatable bonds is 3. The zero-order chi connectivity index (χ0) is 11.0. The van der Waals surface area contributed by atoms with Gasteiger partial charge in [-0.25, -0.2) is 14.8 Å². The SMILES string of the molecule is Cc1nc(N(C)C2CC2)ncc1C(=O)O. The molecule has 0 unspecified atom stereocenters. The van der Waals surface area contributed by atoms with Gasteiger partial charge < -0.3 is 10.0 Å². The third kappa shape index (κ3) is 1.91. The Morgan fingerprint density at radius 1 is 1.60 bits per heavy atom. The lowest BCUT2D eigenvalue weighted by atomic mass is 10.2. The molecule has 1 aromatic heterocycles. The van der Waals surface area contributed by atoms with Gasteiger partial charge in [-0.2, -0.15) is 0 Å². The fourth-order valence-corrected chi connectivity index (χ4v) is 1.46. The molecule has 0 spiro atoms. The van der Waals surface area contributed by atoms with Gasteiger partial charge in [-0.1, -0.05) is 0 Å².